The van der Waals surface area contributed by atoms with Gasteiger partial charge in [0.1, 0.15) is 5.75 Å². The molecule has 1 aliphatic carbocycles. The third-order valence-electron chi connectivity index (χ3n) is 7.16. The lowest BCUT2D eigenvalue weighted by atomic mass is 9.72. The summed E-state index contributed by atoms with van der Waals surface area (Å²) in [4.78, 5) is 23.9. The molecule has 1 saturated heterocycles. The zero-order valence-corrected chi connectivity index (χ0v) is 20.6. The van der Waals surface area contributed by atoms with Gasteiger partial charge in [0.25, 0.3) is 5.91 Å². The first-order valence-electron chi connectivity index (χ1n) is 11.9. The second-order valence-electron chi connectivity index (χ2n) is 9.19. The molecule has 182 valence electrons. The van der Waals surface area contributed by atoms with Crippen LogP contribution in [0.25, 0.3) is 0 Å². The fourth-order valence-corrected chi connectivity index (χ4v) is 5.69. The number of hydrogen-bond acceptors (Lipinski definition) is 7. The number of ether oxygens (including phenoxy) is 1. The smallest absolute Gasteiger partial charge is 0.258 e. The van der Waals surface area contributed by atoms with Gasteiger partial charge in [-0.15, -0.1) is 0 Å². The zero-order chi connectivity index (χ0) is 24.3. The maximum absolute atomic E-state index is 12.7. The van der Waals surface area contributed by atoms with E-state index >= 15 is 0 Å². The highest BCUT2D eigenvalue weighted by molar-refractivity contribution is 7.98. The normalized spacial score (nSPS) is 21.0. The maximum atomic E-state index is 12.7. The lowest BCUT2D eigenvalue weighted by molar-refractivity contribution is -0.125. The minimum Gasteiger partial charge on any atom is -0.484 e. The Morgan fingerprint density at radius 2 is 1.80 bits per heavy atom. The van der Waals surface area contributed by atoms with Gasteiger partial charge in [0, 0.05) is 29.9 Å². The SMILES string of the molecule is CSc1ncc(CN2CCC3(CC2)c2ccccc2[C@@H](NC(=O)COc2ccccc2)[C@@H]3O)cn1. The summed E-state index contributed by atoms with van der Waals surface area (Å²) in [6.07, 6.45) is 6.71. The van der Waals surface area contributed by atoms with Crippen LogP contribution in [0.3, 0.4) is 0 Å². The van der Waals surface area contributed by atoms with E-state index in [0.717, 1.165) is 54.3 Å². The molecular formula is C27H30N4O3S. The molecular weight excluding hydrogens is 460 g/mol. The average molecular weight is 491 g/mol. The van der Waals surface area contributed by atoms with Gasteiger partial charge in [-0.05, 0) is 55.4 Å². The first kappa shape index (κ1) is 23.8. The van der Waals surface area contributed by atoms with E-state index in [4.69, 9.17) is 4.74 Å². The Balaban J connectivity index is 1.25. The van der Waals surface area contributed by atoms with Crippen molar-refractivity contribution in [1.29, 1.82) is 0 Å². The summed E-state index contributed by atoms with van der Waals surface area (Å²) < 4.78 is 5.61. The summed E-state index contributed by atoms with van der Waals surface area (Å²) in [6, 6.07) is 16.9. The van der Waals surface area contributed by atoms with Gasteiger partial charge in [0.15, 0.2) is 11.8 Å². The number of thioether (sulfide) groups is 1. The van der Waals surface area contributed by atoms with Crippen molar-refractivity contribution in [3.8, 4) is 5.75 Å². The maximum Gasteiger partial charge on any atom is 0.258 e. The van der Waals surface area contributed by atoms with Gasteiger partial charge in [0.05, 0.1) is 12.1 Å². The van der Waals surface area contributed by atoms with Gasteiger partial charge in [-0.25, -0.2) is 9.97 Å². The van der Waals surface area contributed by atoms with Crippen LogP contribution in [0.15, 0.2) is 72.1 Å². The number of carbonyl (C=O) groups excluding carboxylic acids is 1. The molecule has 5 rings (SSSR count). The molecule has 1 fully saturated rings. The van der Waals surface area contributed by atoms with Crippen molar-refractivity contribution in [3.63, 3.8) is 0 Å². The zero-order valence-electron chi connectivity index (χ0n) is 19.8. The quantitative estimate of drug-likeness (QED) is 0.388. The minimum atomic E-state index is -0.688. The molecule has 8 heteroatoms. The highest BCUT2D eigenvalue weighted by Crippen LogP contribution is 2.51. The van der Waals surface area contributed by atoms with Crippen LogP contribution in [0.4, 0.5) is 0 Å². The Bertz CT molecular complexity index is 1150. The molecule has 2 aromatic carbocycles. The molecule has 0 saturated carbocycles. The number of para-hydroxylation sites is 1. The molecule has 2 aliphatic rings. The van der Waals surface area contributed by atoms with E-state index in [1.807, 2.05) is 67.2 Å². The van der Waals surface area contributed by atoms with E-state index in [2.05, 4.69) is 26.3 Å². The number of piperidine rings is 1. The van der Waals surface area contributed by atoms with Gasteiger partial charge in [-0.3, -0.25) is 9.69 Å². The molecule has 3 aromatic rings. The molecule has 1 aliphatic heterocycles. The third-order valence-corrected chi connectivity index (χ3v) is 7.74. The van der Waals surface area contributed by atoms with Crippen LogP contribution in [-0.4, -0.2) is 57.9 Å². The number of hydrogen-bond donors (Lipinski definition) is 2. The lowest BCUT2D eigenvalue weighted by Crippen LogP contribution is -2.50. The average Bonchev–Trinajstić information content (AvgIpc) is 3.12. The van der Waals surface area contributed by atoms with Crippen molar-refractivity contribution in [1.82, 2.24) is 20.2 Å². The van der Waals surface area contributed by atoms with Crippen molar-refractivity contribution in [2.24, 2.45) is 0 Å². The van der Waals surface area contributed by atoms with Crippen LogP contribution >= 0.6 is 11.8 Å². The van der Waals surface area contributed by atoms with Crippen LogP contribution in [0.2, 0.25) is 0 Å². The Kier molecular flexibility index (Phi) is 7.04. The molecule has 0 radical (unpaired) electrons. The predicted octanol–water partition coefficient (Wildman–Crippen LogP) is 3.34. The number of benzene rings is 2. The number of carbonyl (C=O) groups is 1. The summed E-state index contributed by atoms with van der Waals surface area (Å²) in [6.45, 7) is 2.41. The van der Waals surface area contributed by atoms with Crippen LogP contribution < -0.4 is 10.1 Å². The number of nitrogens with one attached hydrogen (secondary N) is 1. The van der Waals surface area contributed by atoms with Crippen molar-refractivity contribution in [2.75, 3.05) is 26.0 Å². The number of aliphatic hydroxyl groups excluding tert-OH is 1. The predicted molar refractivity (Wildman–Crippen MR) is 135 cm³/mol. The van der Waals surface area contributed by atoms with Crippen LogP contribution in [0.1, 0.15) is 35.6 Å². The first-order chi connectivity index (χ1) is 17.1. The Hall–Kier alpha value is -2.94. The number of aliphatic hydroxyl groups is 1. The van der Waals surface area contributed by atoms with E-state index in [0.29, 0.717) is 5.75 Å². The van der Waals surface area contributed by atoms with E-state index in [1.165, 1.54) is 11.8 Å². The summed E-state index contributed by atoms with van der Waals surface area (Å²) in [5.74, 6) is 0.406. The van der Waals surface area contributed by atoms with Crippen molar-refractivity contribution in [2.45, 2.75) is 42.1 Å². The van der Waals surface area contributed by atoms with Crippen LogP contribution in [0, 0.1) is 0 Å². The standard InChI is InChI=1S/C27H30N4O3S/c1-35-26-28-15-19(16-29-26)17-31-13-11-27(12-14-31)22-10-6-5-9-21(22)24(25(27)33)30-23(32)18-34-20-7-3-2-4-8-20/h2-10,15-16,24-25,33H,11-14,17-18H2,1H3,(H,30,32)/t24-,25+/m1/s1. The number of nitrogens with zero attached hydrogens (tertiary/aromatic N) is 3. The molecule has 0 unspecified atom stereocenters. The van der Waals surface area contributed by atoms with Crippen molar-refractivity contribution >= 4 is 17.7 Å². The summed E-state index contributed by atoms with van der Waals surface area (Å²) >= 11 is 1.53. The Morgan fingerprint density at radius 1 is 1.11 bits per heavy atom. The second kappa shape index (κ2) is 10.4. The molecule has 7 nitrogen and oxygen atoms in total. The Morgan fingerprint density at radius 3 is 2.51 bits per heavy atom. The number of aromatic nitrogens is 2. The summed E-state index contributed by atoms with van der Waals surface area (Å²) in [5.41, 5.74) is 2.87. The molecule has 1 aromatic heterocycles. The fourth-order valence-electron chi connectivity index (χ4n) is 5.37. The number of rotatable bonds is 7. The molecule has 1 spiro atoms. The topological polar surface area (TPSA) is 87.6 Å². The van der Waals surface area contributed by atoms with E-state index < -0.39 is 12.1 Å². The number of amides is 1. The summed E-state index contributed by atoms with van der Waals surface area (Å²) in [5, 5.41) is 15.4. The van der Waals surface area contributed by atoms with Crippen LogP contribution in [-0.2, 0) is 16.8 Å². The van der Waals surface area contributed by atoms with Crippen molar-refractivity contribution in [3.05, 3.63) is 83.7 Å². The molecule has 35 heavy (non-hydrogen) atoms. The first-order valence-corrected chi connectivity index (χ1v) is 13.1. The van der Waals surface area contributed by atoms with Crippen molar-refractivity contribution < 1.29 is 14.6 Å². The summed E-state index contributed by atoms with van der Waals surface area (Å²) in [7, 11) is 0. The van der Waals surface area contributed by atoms with Crippen LogP contribution in [0.5, 0.6) is 5.75 Å². The molecule has 2 atom stereocenters. The minimum absolute atomic E-state index is 0.0897. The molecule has 2 heterocycles. The Labute approximate surface area is 209 Å². The van der Waals surface area contributed by atoms with E-state index in [-0.39, 0.29) is 17.9 Å². The number of fused-ring (bicyclic) bond motifs is 2. The second-order valence-corrected chi connectivity index (χ2v) is 9.96. The van der Waals surface area contributed by atoms with Gasteiger partial charge in [-0.1, -0.05) is 54.2 Å². The molecule has 2 N–H and O–H groups in total. The van der Waals surface area contributed by atoms with Gasteiger partial charge in [0.2, 0.25) is 0 Å². The fraction of sp³-hybridized carbons (Fsp3) is 0.370. The van der Waals surface area contributed by atoms with E-state index in [1.54, 1.807) is 0 Å². The van der Waals surface area contributed by atoms with Gasteiger partial charge in [-0.2, -0.15) is 0 Å². The van der Waals surface area contributed by atoms with Gasteiger partial charge < -0.3 is 15.2 Å². The molecule has 1 amide bonds. The lowest BCUT2D eigenvalue weighted by Gasteiger charge is -2.42. The highest BCUT2D eigenvalue weighted by Gasteiger charge is 2.52. The largest absolute Gasteiger partial charge is 0.484 e. The highest BCUT2D eigenvalue weighted by atomic mass is 32.2. The molecule has 0 bridgehead atoms. The van der Waals surface area contributed by atoms with Gasteiger partial charge >= 0.3 is 0 Å². The third kappa shape index (κ3) is 4.91. The van der Waals surface area contributed by atoms with E-state index in [9.17, 15) is 9.90 Å². The number of likely N-dealkylation sites (tertiary alicyclic amines) is 1. The monoisotopic (exact) mass is 490 g/mol.